The minimum Gasteiger partial charge on any atom is -0.497 e. The second-order valence-electron chi connectivity index (χ2n) is 7.74. The van der Waals surface area contributed by atoms with E-state index in [4.69, 9.17) is 27.9 Å². The third-order valence-electron chi connectivity index (χ3n) is 5.69. The molecule has 2 aromatic rings. The van der Waals surface area contributed by atoms with Crippen molar-refractivity contribution in [2.75, 3.05) is 25.2 Å². The lowest BCUT2D eigenvalue weighted by Gasteiger charge is -2.27. The summed E-state index contributed by atoms with van der Waals surface area (Å²) in [5.41, 5.74) is 4.46. The molecule has 32 heavy (non-hydrogen) atoms. The van der Waals surface area contributed by atoms with Gasteiger partial charge in [-0.2, -0.15) is 10.4 Å². The van der Waals surface area contributed by atoms with Gasteiger partial charge < -0.3 is 4.74 Å². The number of benzene rings is 2. The zero-order valence-corrected chi connectivity index (χ0v) is 19.1. The van der Waals surface area contributed by atoms with Crippen LogP contribution in [-0.2, 0) is 4.79 Å². The Morgan fingerprint density at radius 2 is 1.88 bits per heavy atom. The van der Waals surface area contributed by atoms with Gasteiger partial charge in [0.05, 0.1) is 29.9 Å². The number of ether oxygens (including phenoxy) is 1. The van der Waals surface area contributed by atoms with E-state index in [1.54, 1.807) is 30.3 Å². The Bertz CT molecular complexity index is 1060. The minimum atomic E-state index is -0.792. The summed E-state index contributed by atoms with van der Waals surface area (Å²) in [6.07, 6.45) is 3.20. The Morgan fingerprint density at radius 3 is 2.50 bits per heavy atom. The molecule has 2 unspecified atom stereocenters. The molecule has 1 fully saturated rings. The molecule has 7 nitrogen and oxygen atoms in total. The van der Waals surface area contributed by atoms with Gasteiger partial charge in [0.25, 0.3) is 5.91 Å². The van der Waals surface area contributed by atoms with Crippen molar-refractivity contribution in [1.29, 1.82) is 5.26 Å². The Morgan fingerprint density at radius 1 is 1.16 bits per heavy atom. The number of piperidine rings is 1. The second-order valence-corrected chi connectivity index (χ2v) is 8.58. The fraction of sp³-hybridized carbons (Fsp3) is 0.348. The molecule has 0 spiro atoms. The van der Waals surface area contributed by atoms with E-state index in [-0.39, 0.29) is 11.6 Å². The van der Waals surface area contributed by atoms with Crippen LogP contribution in [0.4, 0.5) is 5.69 Å². The zero-order valence-electron chi connectivity index (χ0n) is 17.6. The van der Waals surface area contributed by atoms with Crippen LogP contribution in [0.3, 0.4) is 0 Å². The lowest BCUT2D eigenvalue weighted by molar-refractivity contribution is -0.119. The van der Waals surface area contributed by atoms with Crippen molar-refractivity contribution in [2.24, 2.45) is 11.0 Å². The van der Waals surface area contributed by atoms with Gasteiger partial charge in [0.1, 0.15) is 17.4 Å². The minimum absolute atomic E-state index is 0.157. The van der Waals surface area contributed by atoms with Crippen LogP contribution >= 0.6 is 23.2 Å². The van der Waals surface area contributed by atoms with E-state index in [0.29, 0.717) is 21.5 Å². The molecule has 0 bridgehead atoms. The Kier molecular flexibility index (Phi) is 6.85. The van der Waals surface area contributed by atoms with Crippen LogP contribution in [0.15, 0.2) is 47.6 Å². The molecule has 0 radical (unpaired) electrons. The van der Waals surface area contributed by atoms with Crippen molar-refractivity contribution in [3.63, 3.8) is 0 Å². The fourth-order valence-corrected chi connectivity index (χ4v) is 4.56. The van der Waals surface area contributed by atoms with Gasteiger partial charge in [-0.15, -0.1) is 0 Å². The van der Waals surface area contributed by atoms with Crippen LogP contribution in [0.5, 0.6) is 5.75 Å². The normalized spacial score (nSPS) is 21.1. The molecule has 2 aliphatic rings. The predicted octanol–water partition coefficient (Wildman–Crippen LogP) is 4.58. The number of nitrogens with zero attached hydrogens (tertiary/aromatic N) is 4. The highest BCUT2D eigenvalue weighted by molar-refractivity contribution is 6.41. The lowest BCUT2D eigenvalue weighted by Crippen LogP contribution is -2.48. The van der Waals surface area contributed by atoms with E-state index < -0.39 is 12.0 Å². The Hall–Kier alpha value is -2.79. The molecule has 0 saturated carbocycles. The summed E-state index contributed by atoms with van der Waals surface area (Å²) in [6.45, 7) is 1.57. The van der Waals surface area contributed by atoms with E-state index in [1.807, 2.05) is 29.3 Å². The summed E-state index contributed by atoms with van der Waals surface area (Å²) in [5.74, 6) is -0.468. The largest absolute Gasteiger partial charge is 0.497 e. The standard InChI is InChI=1S/C23H23Cl2N5O2/c1-32-17-8-5-15(6-9-17)22-18(14-26)21(23(31)28-29-11-3-2-4-12-29)27-30(22)20-10-7-16(24)13-19(20)25/h5-10,13,18,22H,2-4,11-12H2,1H3,(H,28,31). The van der Waals surface area contributed by atoms with Crippen molar-refractivity contribution in [3.8, 4) is 11.8 Å². The van der Waals surface area contributed by atoms with E-state index in [0.717, 1.165) is 37.9 Å². The number of halogens is 2. The summed E-state index contributed by atoms with van der Waals surface area (Å²) in [6, 6.07) is 14.2. The SMILES string of the molecule is COc1ccc(C2C(C#N)C(C(=O)NN3CCCCC3)=NN2c2ccc(Cl)cc2Cl)cc1. The molecule has 1 saturated heterocycles. The maximum absolute atomic E-state index is 13.1. The topological polar surface area (TPSA) is 81.0 Å². The fourth-order valence-electron chi connectivity index (χ4n) is 4.06. The van der Waals surface area contributed by atoms with Crippen molar-refractivity contribution >= 4 is 40.5 Å². The van der Waals surface area contributed by atoms with Crippen LogP contribution in [-0.4, -0.2) is 36.8 Å². The summed E-state index contributed by atoms with van der Waals surface area (Å²) in [7, 11) is 1.59. The van der Waals surface area contributed by atoms with E-state index in [9.17, 15) is 10.1 Å². The monoisotopic (exact) mass is 471 g/mol. The van der Waals surface area contributed by atoms with Gasteiger partial charge in [0.15, 0.2) is 0 Å². The van der Waals surface area contributed by atoms with Crippen molar-refractivity contribution in [3.05, 3.63) is 58.1 Å². The molecule has 166 valence electrons. The first-order valence-corrected chi connectivity index (χ1v) is 11.2. The highest BCUT2D eigenvalue weighted by Gasteiger charge is 2.43. The number of nitriles is 1. The Balaban J connectivity index is 1.72. The number of hydrogen-bond donors (Lipinski definition) is 1. The predicted molar refractivity (Wildman–Crippen MR) is 125 cm³/mol. The molecule has 2 aromatic carbocycles. The van der Waals surface area contributed by atoms with E-state index >= 15 is 0 Å². The number of methoxy groups -OCH3 is 1. The van der Waals surface area contributed by atoms with E-state index in [2.05, 4.69) is 16.6 Å². The second kappa shape index (κ2) is 9.78. The molecule has 1 amide bonds. The maximum Gasteiger partial charge on any atom is 0.283 e. The molecule has 2 atom stereocenters. The molecule has 4 rings (SSSR count). The molecule has 0 aliphatic carbocycles. The maximum atomic E-state index is 13.1. The van der Waals surface area contributed by atoms with Gasteiger partial charge in [-0.25, -0.2) is 5.01 Å². The Labute approximate surface area is 197 Å². The van der Waals surface area contributed by atoms with Crippen LogP contribution in [0.25, 0.3) is 0 Å². The third-order valence-corrected chi connectivity index (χ3v) is 6.23. The molecule has 2 aliphatic heterocycles. The van der Waals surface area contributed by atoms with Crippen molar-refractivity contribution in [1.82, 2.24) is 10.4 Å². The summed E-state index contributed by atoms with van der Waals surface area (Å²) in [4.78, 5) is 13.1. The number of carbonyl (C=O) groups is 1. The molecular weight excluding hydrogens is 449 g/mol. The van der Waals surface area contributed by atoms with Gasteiger partial charge in [-0.05, 0) is 48.7 Å². The quantitative estimate of drug-likeness (QED) is 0.690. The molecule has 1 N–H and O–H groups in total. The number of anilines is 1. The molecular formula is C23H23Cl2N5O2. The molecule has 2 heterocycles. The zero-order chi connectivity index (χ0) is 22.7. The van der Waals surface area contributed by atoms with Crippen LogP contribution in [0.2, 0.25) is 10.0 Å². The number of carbonyl (C=O) groups excluding carboxylic acids is 1. The van der Waals surface area contributed by atoms with Gasteiger partial charge in [-0.3, -0.25) is 15.2 Å². The van der Waals surface area contributed by atoms with Crippen LogP contribution in [0, 0.1) is 17.2 Å². The highest BCUT2D eigenvalue weighted by atomic mass is 35.5. The molecule has 9 heteroatoms. The number of hydrazine groups is 1. The average Bonchev–Trinajstić information content (AvgIpc) is 3.19. The smallest absolute Gasteiger partial charge is 0.283 e. The lowest BCUT2D eigenvalue weighted by atomic mass is 9.90. The van der Waals surface area contributed by atoms with Crippen molar-refractivity contribution in [2.45, 2.75) is 25.3 Å². The summed E-state index contributed by atoms with van der Waals surface area (Å²) in [5, 5.41) is 19.1. The first-order valence-electron chi connectivity index (χ1n) is 10.4. The van der Waals surface area contributed by atoms with Gasteiger partial charge in [0.2, 0.25) is 0 Å². The highest BCUT2D eigenvalue weighted by Crippen LogP contribution is 2.42. The summed E-state index contributed by atoms with van der Waals surface area (Å²) >= 11 is 12.6. The van der Waals surface area contributed by atoms with Gasteiger partial charge >= 0.3 is 0 Å². The number of rotatable bonds is 5. The van der Waals surface area contributed by atoms with E-state index in [1.165, 1.54) is 0 Å². The average molecular weight is 472 g/mol. The summed E-state index contributed by atoms with van der Waals surface area (Å²) < 4.78 is 5.26. The number of hydrazone groups is 1. The first kappa shape index (κ1) is 22.4. The molecule has 0 aromatic heterocycles. The first-order chi connectivity index (χ1) is 15.5. The number of hydrogen-bond acceptors (Lipinski definition) is 6. The van der Waals surface area contributed by atoms with Gasteiger partial charge in [-0.1, -0.05) is 41.8 Å². The third kappa shape index (κ3) is 4.53. The number of nitrogens with one attached hydrogen (secondary N) is 1. The van der Waals surface area contributed by atoms with Crippen LogP contribution < -0.4 is 15.2 Å². The number of amides is 1. The van der Waals surface area contributed by atoms with Crippen molar-refractivity contribution < 1.29 is 9.53 Å². The van der Waals surface area contributed by atoms with Gasteiger partial charge in [0, 0.05) is 18.1 Å². The van der Waals surface area contributed by atoms with Crippen LogP contribution in [0.1, 0.15) is 30.9 Å².